The molecule has 0 amide bonds. The van der Waals surface area contributed by atoms with E-state index in [4.69, 9.17) is 17.0 Å². The number of anilines is 1. The lowest BCUT2D eigenvalue weighted by Crippen LogP contribution is -2.28. The highest BCUT2D eigenvalue weighted by molar-refractivity contribution is 7.07. The van der Waals surface area contributed by atoms with E-state index in [1.54, 1.807) is 34.5 Å². The predicted molar refractivity (Wildman–Crippen MR) is 94.7 cm³/mol. The van der Waals surface area contributed by atoms with Gasteiger partial charge in [0.1, 0.15) is 5.49 Å². The highest BCUT2D eigenvalue weighted by Crippen LogP contribution is 2.19. The van der Waals surface area contributed by atoms with E-state index < -0.39 is 0 Å². The van der Waals surface area contributed by atoms with Crippen LogP contribution in [0.1, 0.15) is 4.88 Å². The zero-order chi connectivity index (χ0) is 16.2. The van der Waals surface area contributed by atoms with Crippen molar-refractivity contribution in [3.63, 3.8) is 0 Å². The van der Waals surface area contributed by atoms with E-state index in [1.165, 1.54) is 11.5 Å². The minimum Gasteiger partial charge on any atom is -0.323 e. The highest BCUT2D eigenvalue weighted by atomic mass is 35.5. The first kappa shape index (κ1) is 15.5. The molecule has 116 valence electrons. The van der Waals surface area contributed by atoms with Crippen LogP contribution in [0.15, 0.2) is 59.9 Å². The van der Waals surface area contributed by atoms with Gasteiger partial charge in [0, 0.05) is 16.1 Å². The van der Waals surface area contributed by atoms with E-state index in [0.717, 1.165) is 10.6 Å². The second-order valence-corrected chi connectivity index (χ2v) is 6.44. The van der Waals surface area contributed by atoms with E-state index in [2.05, 4.69) is 15.3 Å². The first-order valence-electron chi connectivity index (χ1n) is 6.88. The molecule has 3 aromatic rings. The van der Waals surface area contributed by atoms with E-state index in [1.807, 2.05) is 31.2 Å². The van der Waals surface area contributed by atoms with Crippen molar-refractivity contribution in [1.82, 2.24) is 8.94 Å². The second kappa shape index (κ2) is 6.76. The van der Waals surface area contributed by atoms with E-state index in [9.17, 15) is 0 Å². The Balaban J connectivity index is 2.06. The average Bonchev–Trinajstić information content (AvgIpc) is 2.86. The van der Waals surface area contributed by atoms with Crippen LogP contribution < -0.4 is 10.8 Å². The third kappa shape index (κ3) is 3.85. The molecule has 2 N–H and O–H groups in total. The summed E-state index contributed by atoms with van der Waals surface area (Å²) in [5, 5.41) is 11.9. The Morgan fingerprint density at radius 2 is 2.17 bits per heavy atom. The molecule has 1 aromatic carbocycles. The van der Waals surface area contributed by atoms with Crippen LogP contribution in [-0.4, -0.2) is 14.9 Å². The summed E-state index contributed by atoms with van der Waals surface area (Å²) in [4.78, 5) is 9.72. The van der Waals surface area contributed by atoms with Crippen LogP contribution in [-0.2, 0) is 0 Å². The summed E-state index contributed by atoms with van der Waals surface area (Å²) in [6.45, 7) is 1.96. The molecule has 0 spiro atoms. The van der Waals surface area contributed by atoms with Gasteiger partial charge in [-0.15, -0.1) is 0 Å². The van der Waals surface area contributed by atoms with Crippen molar-refractivity contribution < 1.29 is 0 Å². The van der Waals surface area contributed by atoms with Crippen LogP contribution in [0.3, 0.4) is 0 Å². The lowest BCUT2D eigenvalue weighted by molar-refractivity contribution is 1.07. The normalized spacial score (nSPS) is 11.5. The zero-order valence-corrected chi connectivity index (χ0v) is 13.9. The number of aromatic nitrogens is 2. The Labute approximate surface area is 142 Å². The molecule has 0 fully saturated rings. The maximum atomic E-state index is 8.11. The lowest BCUT2D eigenvalue weighted by Gasteiger charge is -2.10. The fourth-order valence-corrected chi connectivity index (χ4v) is 2.95. The number of aryl methyl sites for hydroxylation is 1. The topological polar surface area (TPSA) is 66.1 Å². The summed E-state index contributed by atoms with van der Waals surface area (Å²) in [5.74, 6) is 0.531. The summed E-state index contributed by atoms with van der Waals surface area (Å²) in [5.41, 5.74) is 1.87. The molecule has 0 saturated carbocycles. The van der Waals surface area contributed by atoms with E-state index in [-0.39, 0.29) is 0 Å². The fourth-order valence-electron chi connectivity index (χ4n) is 1.99. The van der Waals surface area contributed by atoms with Crippen LogP contribution in [0.25, 0.3) is 0 Å². The Morgan fingerprint density at radius 3 is 2.83 bits per heavy atom. The average molecular weight is 344 g/mol. The summed E-state index contributed by atoms with van der Waals surface area (Å²) in [7, 11) is 0. The van der Waals surface area contributed by atoms with Crippen molar-refractivity contribution in [1.29, 1.82) is 5.41 Å². The Morgan fingerprint density at radius 1 is 1.30 bits per heavy atom. The molecule has 0 unspecified atom stereocenters. The van der Waals surface area contributed by atoms with Crippen LogP contribution in [0, 0.1) is 12.3 Å². The van der Waals surface area contributed by atoms with Crippen molar-refractivity contribution in [2.45, 2.75) is 6.92 Å². The molecule has 0 radical (unpaired) electrons. The Kier molecular flexibility index (Phi) is 4.55. The van der Waals surface area contributed by atoms with Gasteiger partial charge in [0.2, 0.25) is 5.96 Å². The van der Waals surface area contributed by atoms with Gasteiger partial charge in [-0.1, -0.05) is 29.2 Å². The lowest BCUT2D eigenvalue weighted by atomic mass is 10.3. The first-order valence-corrected chi connectivity index (χ1v) is 8.03. The second-order valence-electron chi connectivity index (χ2n) is 4.81. The minimum absolute atomic E-state index is 0.365. The van der Waals surface area contributed by atoms with Gasteiger partial charge >= 0.3 is 0 Å². The largest absolute Gasteiger partial charge is 0.323 e. The molecule has 2 aromatic heterocycles. The molecular formula is C16H14ClN5S. The molecule has 0 aliphatic rings. The summed E-state index contributed by atoms with van der Waals surface area (Å²) in [6, 6.07) is 12.8. The summed E-state index contributed by atoms with van der Waals surface area (Å²) < 4.78 is 1.73. The molecule has 0 saturated heterocycles. The van der Waals surface area contributed by atoms with Gasteiger partial charge in [-0.05, 0) is 43.3 Å². The van der Waals surface area contributed by atoms with Crippen molar-refractivity contribution in [3.8, 4) is 0 Å². The number of pyridine rings is 1. The van der Waals surface area contributed by atoms with Gasteiger partial charge in [-0.2, -0.15) is 0 Å². The molecule has 23 heavy (non-hydrogen) atoms. The monoisotopic (exact) mass is 343 g/mol. The fraction of sp³-hybridized carbons (Fsp3) is 0.0625. The summed E-state index contributed by atoms with van der Waals surface area (Å²) >= 11 is 7.48. The van der Waals surface area contributed by atoms with Gasteiger partial charge in [0.25, 0.3) is 0 Å². The zero-order valence-electron chi connectivity index (χ0n) is 12.3. The van der Waals surface area contributed by atoms with Gasteiger partial charge in [0.05, 0.1) is 17.6 Å². The number of hydrogen-bond acceptors (Lipinski definition) is 4. The van der Waals surface area contributed by atoms with Crippen LogP contribution in [0.5, 0.6) is 0 Å². The number of hydrogen-bond donors (Lipinski definition) is 2. The molecule has 0 atom stereocenters. The highest BCUT2D eigenvalue weighted by Gasteiger charge is 2.08. The number of aliphatic imine (C=N–C) groups is 1. The van der Waals surface area contributed by atoms with Crippen molar-refractivity contribution >= 4 is 40.5 Å². The van der Waals surface area contributed by atoms with Gasteiger partial charge in [0.15, 0.2) is 0 Å². The number of nitrogens with zero attached hydrogens (tertiary/aromatic N) is 3. The van der Waals surface area contributed by atoms with Crippen molar-refractivity contribution in [3.05, 3.63) is 70.2 Å². The van der Waals surface area contributed by atoms with E-state index >= 15 is 0 Å². The molecule has 0 aliphatic carbocycles. The molecular weight excluding hydrogens is 330 g/mol. The van der Waals surface area contributed by atoms with Crippen molar-refractivity contribution in [2.75, 3.05) is 5.32 Å². The smallest absolute Gasteiger partial charge is 0.223 e. The Bertz CT molecular complexity index is 898. The third-order valence-corrected chi connectivity index (χ3v) is 4.14. The maximum Gasteiger partial charge on any atom is 0.223 e. The molecule has 0 bridgehead atoms. The number of nitrogens with one attached hydrogen (secondary N) is 2. The van der Waals surface area contributed by atoms with Gasteiger partial charge in [-0.25, -0.2) is 8.95 Å². The first-order chi connectivity index (χ1) is 11.1. The van der Waals surface area contributed by atoms with Gasteiger partial charge < -0.3 is 5.32 Å². The maximum absolute atomic E-state index is 8.11. The molecule has 3 rings (SSSR count). The molecule has 7 heteroatoms. The van der Waals surface area contributed by atoms with Gasteiger partial charge in [-0.3, -0.25) is 10.4 Å². The molecule has 0 aliphatic heterocycles. The van der Waals surface area contributed by atoms with Crippen LogP contribution in [0.4, 0.5) is 11.4 Å². The van der Waals surface area contributed by atoms with E-state index in [0.29, 0.717) is 22.2 Å². The number of halogens is 1. The quantitative estimate of drug-likeness (QED) is 0.545. The SMILES string of the molecule is Cc1cc(=N)n(C(=Nc2cccc(Cl)c2)Nc2cccnc2)s1. The van der Waals surface area contributed by atoms with Crippen LogP contribution >= 0.6 is 23.1 Å². The predicted octanol–water partition coefficient (Wildman–Crippen LogP) is 4.03. The number of benzene rings is 1. The third-order valence-electron chi connectivity index (χ3n) is 2.95. The Hall–Kier alpha value is -2.44. The van der Waals surface area contributed by atoms with Crippen LogP contribution in [0.2, 0.25) is 5.02 Å². The summed E-state index contributed by atoms with van der Waals surface area (Å²) in [6.07, 6.45) is 3.41. The number of rotatable bonds is 2. The standard InChI is InChI=1S/C16H14ClN5S/c1-11-8-15(18)22(23-11)16(21-14-6-3-7-19-10-14)20-13-5-2-4-12(17)9-13/h2-10,18H,1H3,(H,20,21). The molecule has 5 nitrogen and oxygen atoms in total. The molecule has 2 heterocycles. The minimum atomic E-state index is 0.365. The van der Waals surface area contributed by atoms with Crippen molar-refractivity contribution in [2.24, 2.45) is 4.99 Å².